The summed E-state index contributed by atoms with van der Waals surface area (Å²) < 4.78 is 1.79. The SMILES string of the molecule is Cc1cn2cc(C(=O)Nc3ccc(N4CCNCC4)nc3)ncc2n1.Cl. The van der Waals surface area contributed by atoms with E-state index in [0.717, 1.165) is 43.3 Å². The Kier molecular flexibility index (Phi) is 5.34. The Labute approximate surface area is 157 Å². The number of nitrogens with zero attached hydrogens (tertiary/aromatic N) is 5. The van der Waals surface area contributed by atoms with Crippen molar-refractivity contribution < 1.29 is 4.79 Å². The minimum Gasteiger partial charge on any atom is -0.354 e. The fraction of sp³-hybridized carbons (Fsp3) is 0.294. The first-order valence-electron chi connectivity index (χ1n) is 8.23. The van der Waals surface area contributed by atoms with Gasteiger partial charge in [0.25, 0.3) is 5.91 Å². The second kappa shape index (κ2) is 7.67. The van der Waals surface area contributed by atoms with Gasteiger partial charge in [-0.15, -0.1) is 12.4 Å². The van der Waals surface area contributed by atoms with Crippen molar-refractivity contribution in [1.82, 2.24) is 24.7 Å². The molecule has 0 aliphatic carbocycles. The molecule has 3 aromatic rings. The van der Waals surface area contributed by atoms with Gasteiger partial charge in [0.15, 0.2) is 5.65 Å². The van der Waals surface area contributed by atoms with E-state index in [-0.39, 0.29) is 18.3 Å². The van der Waals surface area contributed by atoms with Crippen molar-refractivity contribution in [2.75, 3.05) is 36.4 Å². The van der Waals surface area contributed by atoms with E-state index in [1.54, 1.807) is 23.0 Å². The van der Waals surface area contributed by atoms with Crippen LogP contribution in [0.5, 0.6) is 0 Å². The molecule has 136 valence electrons. The van der Waals surface area contributed by atoms with Crippen LogP contribution in [-0.2, 0) is 0 Å². The number of anilines is 2. The number of hydrogen-bond donors (Lipinski definition) is 2. The number of carbonyl (C=O) groups excluding carboxylic acids is 1. The van der Waals surface area contributed by atoms with Crippen LogP contribution in [0.1, 0.15) is 16.2 Å². The first kappa shape index (κ1) is 18.1. The van der Waals surface area contributed by atoms with E-state index < -0.39 is 0 Å². The van der Waals surface area contributed by atoms with E-state index in [0.29, 0.717) is 11.4 Å². The van der Waals surface area contributed by atoms with Gasteiger partial charge in [-0.1, -0.05) is 0 Å². The average molecular weight is 374 g/mol. The highest BCUT2D eigenvalue weighted by molar-refractivity contribution is 6.02. The summed E-state index contributed by atoms with van der Waals surface area (Å²) in [5, 5.41) is 6.15. The third-order valence-electron chi connectivity index (χ3n) is 4.14. The van der Waals surface area contributed by atoms with E-state index in [4.69, 9.17) is 0 Å². The number of hydrogen-bond acceptors (Lipinski definition) is 6. The summed E-state index contributed by atoms with van der Waals surface area (Å²) in [4.78, 5) is 27.5. The number of piperazine rings is 1. The number of nitrogens with one attached hydrogen (secondary N) is 2. The molecule has 0 bridgehead atoms. The van der Waals surface area contributed by atoms with E-state index >= 15 is 0 Å². The van der Waals surface area contributed by atoms with Crippen molar-refractivity contribution in [3.63, 3.8) is 0 Å². The Hall–Kier alpha value is -2.71. The Morgan fingerprint density at radius 3 is 2.69 bits per heavy atom. The Balaban J connectivity index is 0.00000196. The van der Waals surface area contributed by atoms with Crippen molar-refractivity contribution in [2.24, 2.45) is 0 Å². The molecule has 4 rings (SSSR count). The minimum absolute atomic E-state index is 0. The number of imidazole rings is 1. The molecule has 0 saturated carbocycles. The molecule has 1 fully saturated rings. The van der Waals surface area contributed by atoms with Gasteiger partial charge < -0.3 is 19.9 Å². The van der Waals surface area contributed by atoms with Gasteiger partial charge in [-0.05, 0) is 19.1 Å². The summed E-state index contributed by atoms with van der Waals surface area (Å²) in [6, 6.07) is 3.79. The summed E-state index contributed by atoms with van der Waals surface area (Å²) in [5.74, 6) is 0.651. The van der Waals surface area contributed by atoms with Crippen molar-refractivity contribution in [3.8, 4) is 0 Å². The first-order valence-corrected chi connectivity index (χ1v) is 8.23. The Morgan fingerprint density at radius 1 is 1.15 bits per heavy atom. The van der Waals surface area contributed by atoms with Crippen molar-refractivity contribution in [1.29, 1.82) is 0 Å². The maximum Gasteiger partial charge on any atom is 0.275 e. The van der Waals surface area contributed by atoms with Crippen molar-refractivity contribution in [2.45, 2.75) is 6.92 Å². The molecule has 1 amide bonds. The molecule has 26 heavy (non-hydrogen) atoms. The van der Waals surface area contributed by atoms with Crippen LogP contribution in [0, 0.1) is 6.92 Å². The fourth-order valence-corrected chi connectivity index (χ4v) is 2.88. The third-order valence-corrected chi connectivity index (χ3v) is 4.14. The molecule has 9 heteroatoms. The van der Waals surface area contributed by atoms with Gasteiger partial charge in [0.2, 0.25) is 0 Å². The van der Waals surface area contributed by atoms with Gasteiger partial charge in [-0.3, -0.25) is 4.79 Å². The quantitative estimate of drug-likeness (QED) is 0.723. The molecule has 1 aliphatic rings. The molecule has 1 saturated heterocycles. The van der Waals surface area contributed by atoms with Crippen LogP contribution in [0.3, 0.4) is 0 Å². The number of halogens is 1. The lowest BCUT2D eigenvalue weighted by atomic mass is 10.3. The summed E-state index contributed by atoms with van der Waals surface area (Å²) >= 11 is 0. The molecule has 0 atom stereocenters. The normalized spacial score (nSPS) is 14.1. The lowest BCUT2D eigenvalue weighted by Gasteiger charge is -2.28. The van der Waals surface area contributed by atoms with Crippen molar-refractivity contribution in [3.05, 3.63) is 48.3 Å². The summed E-state index contributed by atoms with van der Waals surface area (Å²) in [6.07, 6.45) is 6.80. The number of fused-ring (bicyclic) bond motifs is 1. The van der Waals surface area contributed by atoms with Gasteiger partial charge in [-0.25, -0.2) is 15.0 Å². The second-order valence-corrected chi connectivity index (χ2v) is 6.02. The molecule has 0 unspecified atom stereocenters. The Morgan fingerprint density at radius 2 is 1.96 bits per heavy atom. The number of aryl methyl sites for hydroxylation is 1. The second-order valence-electron chi connectivity index (χ2n) is 6.02. The average Bonchev–Trinajstić information content (AvgIpc) is 3.02. The van der Waals surface area contributed by atoms with E-state index in [1.165, 1.54) is 0 Å². The minimum atomic E-state index is -0.273. The highest BCUT2D eigenvalue weighted by atomic mass is 35.5. The van der Waals surface area contributed by atoms with Gasteiger partial charge in [0.1, 0.15) is 11.5 Å². The maximum absolute atomic E-state index is 12.4. The van der Waals surface area contributed by atoms with Crippen LogP contribution in [0.4, 0.5) is 11.5 Å². The molecule has 0 radical (unpaired) electrons. The molecule has 0 spiro atoms. The summed E-state index contributed by atoms with van der Waals surface area (Å²) in [7, 11) is 0. The molecule has 2 N–H and O–H groups in total. The maximum atomic E-state index is 12.4. The molecule has 8 nitrogen and oxygen atoms in total. The summed E-state index contributed by atoms with van der Waals surface area (Å²) in [6.45, 7) is 5.70. The number of pyridine rings is 1. The first-order chi connectivity index (χ1) is 12.2. The fourth-order valence-electron chi connectivity index (χ4n) is 2.88. The molecule has 0 aromatic carbocycles. The summed E-state index contributed by atoms with van der Waals surface area (Å²) in [5.41, 5.74) is 2.58. The van der Waals surface area contributed by atoms with Crippen LogP contribution in [0.25, 0.3) is 5.65 Å². The van der Waals surface area contributed by atoms with E-state index in [9.17, 15) is 4.79 Å². The van der Waals surface area contributed by atoms with Crippen molar-refractivity contribution >= 4 is 35.5 Å². The third kappa shape index (κ3) is 3.76. The van der Waals surface area contributed by atoms with E-state index in [1.807, 2.05) is 25.3 Å². The van der Waals surface area contributed by atoms with E-state index in [2.05, 4.69) is 30.5 Å². The highest BCUT2D eigenvalue weighted by Gasteiger charge is 2.13. The van der Waals surface area contributed by atoms with Gasteiger partial charge in [-0.2, -0.15) is 0 Å². The van der Waals surface area contributed by atoms with Crippen LogP contribution in [0.2, 0.25) is 0 Å². The standard InChI is InChI=1S/C17H19N7O.ClH/c1-12-10-24-11-14(19-9-16(24)21-12)17(25)22-13-2-3-15(20-8-13)23-6-4-18-5-7-23;/h2-3,8-11,18H,4-7H2,1H3,(H,22,25);1H. The largest absolute Gasteiger partial charge is 0.354 e. The van der Waals surface area contributed by atoms with Gasteiger partial charge in [0.05, 0.1) is 23.8 Å². The molecule has 1 aliphatic heterocycles. The number of aromatic nitrogens is 4. The van der Waals surface area contributed by atoms with Crippen LogP contribution < -0.4 is 15.5 Å². The lowest BCUT2D eigenvalue weighted by Crippen LogP contribution is -2.43. The molecular weight excluding hydrogens is 354 g/mol. The van der Waals surface area contributed by atoms with Gasteiger partial charge in [0, 0.05) is 38.6 Å². The zero-order chi connectivity index (χ0) is 17.2. The number of carbonyl (C=O) groups is 1. The smallest absolute Gasteiger partial charge is 0.275 e. The highest BCUT2D eigenvalue weighted by Crippen LogP contribution is 2.15. The number of amides is 1. The molecule has 4 heterocycles. The van der Waals surface area contributed by atoms with Gasteiger partial charge >= 0.3 is 0 Å². The van der Waals surface area contributed by atoms with Crippen LogP contribution in [-0.4, -0.2) is 51.4 Å². The monoisotopic (exact) mass is 373 g/mol. The predicted molar refractivity (Wildman–Crippen MR) is 102 cm³/mol. The predicted octanol–water partition coefficient (Wildman–Crippen LogP) is 1.52. The Bertz CT molecular complexity index is 903. The molecular formula is C17H20ClN7O. The zero-order valence-corrected chi connectivity index (χ0v) is 15.2. The molecule has 3 aromatic heterocycles. The van der Waals surface area contributed by atoms with Crippen LogP contribution in [0.15, 0.2) is 36.9 Å². The number of rotatable bonds is 3. The zero-order valence-electron chi connectivity index (χ0n) is 14.3. The lowest BCUT2D eigenvalue weighted by molar-refractivity contribution is 0.102. The topological polar surface area (TPSA) is 87.5 Å². The van der Waals surface area contributed by atoms with Crippen LogP contribution >= 0.6 is 12.4 Å².